The van der Waals surface area contributed by atoms with Gasteiger partial charge in [0.05, 0.1) is 34.8 Å². The number of hydrogen-bond acceptors (Lipinski definition) is 10. The first kappa shape index (κ1) is 29.4. The maximum Gasteiger partial charge on any atom is 0.277 e. The van der Waals surface area contributed by atoms with Crippen LogP contribution in [0.3, 0.4) is 0 Å². The zero-order valence-electron chi connectivity index (χ0n) is 21.9. The molecule has 0 bridgehead atoms. The summed E-state index contributed by atoms with van der Waals surface area (Å²) >= 11 is 1.18. The molecular weight excluding hydrogens is 526 g/mol. The maximum atomic E-state index is 11.8. The van der Waals surface area contributed by atoms with Gasteiger partial charge in [-0.3, -0.25) is 19.5 Å². The van der Waals surface area contributed by atoms with E-state index in [0.29, 0.717) is 23.9 Å². The Morgan fingerprint density at radius 2 is 1.92 bits per heavy atom. The van der Waals surface area contributed by atoms with E-state index in [1.165, 1.54) is 36.8 Å². The Morgan fingerprint density at radius 3 is 2.50 bits per heavy atom. The molecule has 3 aromatic heterocycles. The third-order valence-electron chi connectivity index (χ3n) is 5.64. The highest BCUT2D eigenvalue weighted by molar-refractivity contribution is 7.93. The number of nitrogens with one attached hydrogen (secondary N) is 2. The van der Waals surface area contributed by atoms with E-state index in [-0.39, 0.29) is 13.1 Å². The van der Waals surface area contributed by atoms with Crippen molar-refractivity contribution in [2.75, 3.05) is 25.4 Å². The van der Waals surface area contributed by atoms with Gasteiger partial charge in [0.15, 0.2) is 5.01 Å². The third kappa shape index (κ3) is 8.99. The van der Waals surface area contributed by atoms with Crippen molar-refractivity contribution in [1.29, 1.82) is 0 Å². The van der Waals surface area contributed by atoms with E-state index in [0.717, 1.165) is 35.8 Å². The van der Waals surface area contributed by atoms with Crippen LogP contribution in [0.2, 0.25) is 0 Å². The second-order valence-electron chi connectivity index (χ2n) is 8.95. The van der Waals surface area contributed by atoms with E-state index in [2.05, 4.69) is 30.0 Å². The molecule has 1 amide bonds. The molecule has 0 unspecified atom stereocenters. The van der Waals surface area contributed by atoms with Gasteiger partial charge in [-0.15, -0.1) is 11.3 Å². The van der Waals surface area contributed by atoms with Gasteiger partial charge >= 0.3 is 0 Å². The number of anilines is 1. The van der Waals surface area contributed by atoms with E-state index in [1.54, 1.807) is 24.7 Å². The molecule has 4 N–H and O–H groups in total. The zero-order chi connectivity index (χ0) is 27.5. The Labute approximate surface area is 230 Å². The lowest BCUT2D eigenvalue weighted by atomic mass is 9.82. The Morgan fingerprint density at radius 1 is 1.18 bits per heavy atom. The third-order valence-corrected chi connectivity index (χ3v) is 8.54. The normalized spacial score (nSPS) is 14.7. The number of rotatable bonds is 9. The number of carbonyl (C=O) groups excluding carboxylic acids is 1. The molecular formula is C25H39N7O4S2. The van der Waals surface area contributed by atoms with Crippen molar-refractivity contribution in [2.45, 2.75) is 50.7 Å². The van der Waals surface area contributed by atoms with Gasteiger partial charge < -0.3 is 15.8 Å². The summed E-state index contributed by atoms with van der Waals surface area (Å²) in [6.45, 7) is 2.39. The second kappa shape index (κ2) is 14.1. The van der Waals surface area contributed by atoms with Gasteiger partial charge in [0.2, 0.25) is 15.9 Å². The molecule has 2 aliphatic rings. The summed E-state index contributed by atoms with van der Waals surface area (Å²) in [5, 5.41) is 2.82. The van der Waals surface area contributed by atoms with Gasteiger partial charge in [0.25, 0.3) is 5.91 Å². The summed E-state index contributed by atoms with van der Waals surface area (Å²) < 4.78 is 31.6. The number of thiazole rings is 1. The van der Waals surface area contributed by atoms with Crippen LogP contribution >= 0.6 is 11.3 Å². The van der Waals surface area contributed by atoms with Crippen molar-refractivity contribution in [3.63, 3.8) is 0 Å². The number of amides is 1. The molecule has 2 fully saturated rings. The van der Waals surface area contributed by atoms with Gasteiger partial charge in [-0.2, -0.15) is 0 Å². The second-order valence-corrected chi connectivity index (χ2v) is 11.9. The standard InChI is InChI=1S/C13H18N2O2S.C10H10N4O2S.C2H7N.2H2/c16-18(17,13-4-5-13)15-11-6-7-14-12(9-11)8-10-2-1-3-10;1-2-16-8-5-12-3-6(14-8)7-4-13-10(17-7)9(11)15;1-3-2;;/h6-7,9-10,13H,1-5,8H2,(H,14,15);3-5H,2H2,1H3,(H2,11,15);3H,1-2H3;2*1H. The van der Waals surface area contributed by atoms with Crippen LogP contribution in [0.4, 0.5) is 5.69 Å². The molecule has 0 aliphatic heterocycles. The monoisotopic (exact) mass is 565 g/mol. The van der Waals surface area contributed by atoms with Crippen LogP contribution in [0.15, 0.2) is 36.9 Å². The number of sulfonamides is 1. The Hall–Kier alpha value is -3.16. The molecule has 3 aromatic rings. The minimum absolute atomic E-state index is 0. The quantitative estimate of drug-likeness (QED) is 0.351. The predicted molar refractivity (Wildman–Crippen MR) is 153 cm³/mol. The Balaban J connectivity index is 0.000000349. The van der Waals surface area contributed by atoms with Crippen LogP contribution in [0, 0.1) is 5.92 Å². The number of aromatic nitrogens is 4. The van der Waals surface area contributed by atoms with Crippen molar-refractivity contribution in [1.82, 2.24) is 25.3 Å². The highest BCUT2D eigenvalue weighted by Gasteiger charge is 2.35. The number of primary amides is 1. The van der Waals surface area contributed by atoms with Crippen molar-refractivity contribution >= 4 is 33.0 Å². The lowest BCUT2D eigenvalue weighted by molar-refractivity contribution is 0.1000. The van der Waals surface area contributed by atoms with Crippen molar-refractivity contribution in [3.8, 4) is 16.5 Å². The molecule has 0 saturated heterocycles. The molecule has 210 valence electrons. The van der Waals surface area contributed by atoms with Gasteiger partial charge in [0, 0.05) is 20.9 Å². The van der Waals surface area contributed by atoms with Crippen LogP contribution in [-0.2, 0) is 16.4 Å². The van der Waals surface area contributed by atoms with E-state index in [9.17, 15) is 13.2 Å². The first-order chi connectivity index (χ1) is 18.2. The molecule has 0 spiro atoms. The van der Waals surface area contributed by atoms with E-state index >= 15 is 0 Å². The molecule has 2 saturated carbocycles. The summed E-state index contributed by atoms with van der Waals surface area (Å²) in [7, 11) is 0.595. The number of pyridine rings is 1. The SMILES string of the molecule is CCOc1cncc(-c2cnc(C(N)=O)s2)n1.CNC.O=S(=O)(Nc1ccnc(CC2CCC2)c1)C1CC1.[HH].[HH]. The van der Waals surface area contributed by atoms with Crippen LogP contribution in [0.5, 0.6) is 5.88 Å². The molecule has 3 heterocycles. The minimum atomic E-state index is -3.15. The Bertz CT molecular complexity index is 1300. The topological polar surface area (TPSA) is 162 Å². The van der Waals surface area contributed by atoms with E-state index < -0.39 is 15.9 Å². The summed E-state index contributed by atoms with van der Waals surface area (Å²) in [6.07, 6.45) is 12.8. The van der Waals surface area contributed by atoms with Crippen LogP contribution in [0.1, 0.15) is 57.4 Å². The molecule has 0 aromatic carbocycles. The summed E-state index contributed by atoms with van der Waals surface area (Å²) in [6, 6.07) is 3.60. The lowest BCUT2D eigenvalue weighted by Gasteiger charge is -2.24. The van der Waals surface area contributed by atoms with Gasteiger partial charge in [0.1, 0.15) is 5.69 Å². The lowest BCUT2D eigenvalue weighted by Crippen LogP contribution is -2.18. The minimum Gasteiger partial charge on any atom is -0.477 e. The highest BCUT2D eigenvalue weighted by atomic mass is 32.2. The molecule has 38 heavy (non-hydrogen) atoms. The molecule has 0 atom stereocenters. The summed E-state index contributed by atoms with van der Waals surface area (Å²) in [4.78, 5) is 28.1. The smallest absolute Gasteiger partial charge is 0.277 e. The van der Waals surface area contributed by atoms with E-state index in [4.69, 9.17) is 10.5 Å². The maximum absolute atomic E-state index is 11.8. The van der Waals surface area contributed by atoms with Crippen molar-refractivity contribution in [3.05, 3.63) is 47.6 Å². The molecule has 11 nitrogen and oxygen atoms in total. The van der Waals surface area contributed by atoms with Gasteiger partial charge in [-0.1, -0.05) is 19.3 Å². The molecule has 2 aliphatic carbocycles. The predicted octanol–water partition coefficient (Wildman–Crippen LogP) is 3.75. The van der Waals surface area contributed by atoms with E-state index in [1.807, 2.05) is 27.1 Å². The number of nitrogens with two attached hydrogens (primary N) is 1. The highest BCUT2D eigenvalue weighted by Crippen LogP contribution is 2.31. The van der Waals surface area contributed by atoms with Crippen LogP contribution in [0.25, 0.3) is 10.6 Å². The largest absolute Gasteiger partial charge is 0.477 e. The zero-order valence-corrected chi connectivity index (χ0v) is 23.5. The summed E-state index contributed by atoms with van der Waals surface area (Å²) in [5.74, 6) is 0.641. The Kier molecular flexibility index (Phi) is 10.9. The first-order valence-electron chi connectivity index (χ1n) is 12.5. The van der Waals surface area contributed by atoms with Crippen LogP contribution in [-0.4, -0.2) is 60.2 Å². The number of carbonyl (C=O) groups is 1. The number of hydrogen-bond donors (Lipinski definition) is 3. The van der Waals surface area contributed by atoms with Crippen LogP contribution < -0.4 is 20.5 Å². The van der Waals surface area contributed by atoms with Gasteiger partial charge in [-0.25, -0.2) is 18.4 Å². The summed E-state index contributed by atoms with van der Waals surface area (Å²) in [5.41, 5.74) is 7.40. The molecule has 13 heteroatoms. The average molecular weight is 566 g/mol. The fourth-order valence-corrected chi connectivity index (χ4v) is 5.56. The number of nitrogens with zero attached hydrogens (tertiary/aromatic N) is 4. The fourth-order valence-electron chi connectivity index (χ4n) is 3.46. The molecule has 5 rings (SSSR count). The van der Waals surface area contributed by atoms with Crippen molar-refractivity contribution < 1.29 is 20.8 Å². The average Bonchev–Trinajstić information content (AvgIpc) is 3.61. The van der Waals surface area contributed by atoms with Crippen molar-refractivity contribution in [2.24, 2.45) is 11.7 Å². The fraction of sp³-hybridized carbons (Fsp3) is 0.480. The first-order valence-corrected chi connectivity index (χ1v) is 14.9. The van der Waals surface area contributed by atoms with Gasteiger partial charge in [-0.05, 0) is 58.3 Å². The molecule has 0 radical (unpaired) electrons. The number of ether oxygens (including phenoxy) is 1.